The molecule has 0 heterocycles. The molecule has 0 aliphatic heterocycles. The Bertz CT molecular complexity index is 642. The van der Waals surface area contributed by atoms with Crippen LogP contribution in [0.25, 0.3) is 0 Å². The van der Waals surface area contributed by atoms with Crippen LogP contribution < -0.4 is 10.1 Å². The lowest BCUT2D eigenvalue weighted by Crippen LogP contribution is -2.42. The van der Waals surface area contributed by atoms with Crippen LogP contribution in [0.5, 0.6) is 5.75 Å². The highest BCUT2D eigenvalue weighted by molar-refractivity contribution is 5.88. The predicted octanol–water partition coefficient (Wildman–Crippen LogP) is 4.01. The first-order valence-electron chi connectivity index (χ1n) is 8.37. The summed E-state index contributed by atoms with van der Waals surface area (Å²) in [6.45, 7) is 6.43. The Morgan fingerprint density at radius 2 is 1.62 bits per heavy atom. The number of nitrogens with one attached hydrogen (secondary N) is 1. The van der Waals surface area contributed by atoms with Gasteiger partial charge in [-0.3, -0.25) is 4.79 Å². The van der Waals surface area contributed by atoms with Crippen LogP contribution in [0.15, 0.2) is 54.6 Å². The number of benzene rings is 2. The standard InChI is InChI=1S/C21H27NO2/c1-21(2,3)20(23)19(22-4)14-16-10-12-18(13-11-16)24-15-17-8-6-5-7-9-17/h5-13,19,22H,14-15H2,1-4H3. The van der Waals surface area contributed by atoms with E-state index >= 15 is 0 Å². The molecule has 2 aromatic rings. The van der Waals surface area contributed by atoms with E-state index in [0.717, 1.165) is 16.9 Å². The van der Waals surface area contributed by atoms with Crippen LogP contribution in [0.2, 0.25) is 0 Å². The summed E-state index contributed by atoms with van der Waals surface area (Å²) in [5, 5.41) is 3.14. The Morgan fingerprint density at radius 3 is 2.17 bits per heavy atom. The summed E-state index contributed by atoms with van der Waals surface area (Å²) in [5.74, 6) is 1.07. The van der Waals surface area contributed by atoms with Crippen molar-refractivity contribution in [1.29, 1.82) is 0 Å². The van der Waals surface area contributed by atoms with E-state index in [9.17, 15) is 4.79 Å². The van der Waals surface area contributed by atoms with Gasteiger partial charge in [0.1, 0.15) is 12.4 Å². The number of ketones is 1. The number of hydrogen-bond acceptors (Lipinski definition) is 3. The van der Waals surface area contributed by atoms with E-state index < -0.39 is 0 Å². The highest BCUT2D eigenvalue weighted by Crippen LogP contribution is 2.20. The highest BCUT2D eigenvalue weighted by atomic mass is 16.5. The smallest absolute Gasteiger partial charge is 0.155 e. The summed E-state index contributed by atoms with van der Waals surface area (Å²) in [6, 6.07) is 17.9. The number of carbonyl (C=O) groups is 1. The summed E-state index contributed by atoms with van der Waals surface area (Å²) in [5.41, 5.74) is 1.93. The van der Waals surface area contributed by atoms with Crippen molar-refractivity contribution in [2.45, 2.75) is 39.8 Å². The van der Waals surface area contributed by atoms with Gasteiger partial charge in [0, 0.05) is 5.41 Å². The van der Waals surface area contributed by atoms with Gasteiger partial charge in [0.15, 0.2) is 5.78 Å². The molecule has 0 saturated heterocycles. The summed E-state index contributed by atoms with van der Waals surface area (Å²) >= 11 is 0. The van der Waals surface area contributed by atoms with Crippen molar-refractivity contribution in [3.05, 3.63) is 65.7 Å². The minimum atomic E-state index is -0.341. The molecule has 0 spiro atoms. The van der Waals surface area contributed by atoms with E-state index in [1.165, 1.54) is 0 Å². The van der Waals surface area contributed by atoms with Crippen LogP contribution in [0, 0.1) is 5.41 Å². The first kappa shape index (κ1) is 18.2. The second kappa shape index (κ2) is 8.11. The molecule has 0 fully saturated rings. The Hall–Kier alpha value is -2.13. The van der Waals surface area contributed by atoms with Crippen molar-refractivity contribution in [2.75, 3.05) is 7.05 Å². The summed E-state index contributed by atoms with van der Waals surface area (Å²) in [6.07, 6.45) is 0.686. The van der Waals surface area contributed by atoms with Gasteiger partial charge >= 0.3 is 0 Å². The van der Waals surface area contributed by atoms with E-state index in [-0.39, 0.29) is 17.2 Å². The first-order chi connectivity index (χ1) is 11.4. The maximum absolute atomic E-state index is 12.4. The van der Waals surface area contributed by atoms with Gasteiger partial charge in [-0.1, -0.05) is 63.2 Å². The Labute approximate surface area is 145 Å². The van der Waals surface area contributed by atoms with Crippen LogP contribution >= 0.6 is 0 Å². The zero-order valence-corrected chi connectivity index (χ0v) is 15.0. The van der Waals surface area contributed by atoms with Crippen molar-refractivity contribution < 1.29 is 9.53 Å². The summed E-state index contributed by atoms with van der Waals surface area (Å²) in [7, 11) is 1.84. The van der Waals surface area contributed by atoms with E-state index in [1.54, 1.807) is 0 Å². The molecule has 3 heteroatoms. The van der Waals surface area contributed by atoms with Crippen molar-refractivity contribution in [2.24, 2.45) is 5.41 Å². The number of ether oxygens (including phenoxy) is 1. The van der Waals surface area contributed by atoms with Gasteiger partial charge in [-0.2, -0.15) is 0 Å². The fraction of sp³-hybridized carbons (Fsp3) is 0.381. The van der Waals surface area contributed by atoms with Crippen LogP contribution in [0.4, 0.5) is 0 Å². The van der Waals surface area contributed by atoms with Gasteiger partial charge in [0.25, 0.3) is 0 Å². The normalized spacial score (nSPS) is 12.7. The number of carbonyl (C=O) groups excluding carboxylic acids is 1. The quantitative estimate of drug-likeness (QED) is 0.836. The zero-order valence-electron chi connectivity index (χ0n) is 15.0. The molecule has 0 radical (unpaired) electrons. The Kier molecular flexibility index (Phi) is 6.16. The van der Waals surface area contributed by atoms with Crippen molar-refractivity contribution >= 4 is 5.78 Å². The zero-order chi connectivity index (χ0) is 17.6. The lowest BCUT2D eigenvalue weighted by molar-refractivity contribution is -0.128. The maximum atomic E-state index is 12.4. The molecular weight excluding hydrogens is 298 g/mol. The van der Waals surface area contributed by atoms with Gasteiger partial charge in [-0.05, 0) is 36.7 Å². The van der Waals surface area contributed by atoms with Gasteiger partial charge in [0.05, 0.1) is 6.04 Å². The molecule has 0 bridgehead atoms. The van der Waals surface area contributed by atoms with Crippen LogP contribution in [-0.2, 0) is 17.8 Å². The fourth-order valence-electron chi connectivity index (χ4n) is 2.55. The largest absolute Gasteiger partial charge is 0.489 e. The molecular formula is C21H27NO2. The number of Topliss-reactive ketones (excluding diaryl/α,β-unsaturated/α-hetero) is 1. The molecule has 128 valence electrons. The number of rotatable bonds is 7. The third-order valence-corrected chi connectivity index (χ3v) is 4.02. The minimum absolute atomic E-state index is 0.166. The molecule has 24 heavy (non-hydrogen) atoms. The second-order valence-electron chi connectivity index (χ2n) is 7.08. The van der Waals surface area contributed by atoms with E-state index in [0.29, 0.717) is 13.0 Å². The topological polar surface area (TPSA) is 38.3 Å². The molecule has 0 aliphatic carbocycles. The van der Waals surface area contributed by atoms with E-state index in [4.69, 9.17) is 4.74 Å². The van der Waals surface area contributed by atoms with Gasteiger partial charge in [-0.25, -0.2) is 0 Å². The molecule has 0 amide bonds. The third kappa shape index (κ3) is 5.20. The Morgan fingerprint density at radius 1 is 1.00 bits per heavy atom. The summed E-state index contributed by atoms with van der Waals surface area (Å²) in [4.78, 5) is 12.4. The van der Waals surface area contributed by atoms with Crippen LogP contribution in [0.3, 0.4) is 0 Å². The molecule has 3 nitrogen and oxygen atoms in total. The lowest BCUT2D eigenvalue weighted by atomic mass is 9.84. The minimum Gasteiger partial charge on any atom is -0.489 e. The average Bonchev–Trinajstić information content (AvgIpc) is 2.58. The molecule has 0 aromatic heterocycles. The van der Waals surface area contributed by atoms with Crippen LogP contribution in [0.1, 0.15) is 31.9 Å². The SMILES string of the molecule is CNC(Cc1ccc(OCc2ccccc2)cc1)C(=O)C(C)(C)C. The average molecular weight is 325 g/mol. The molecule has 0 aliphatic rings. The monoisotopic (exact) mass is 325 g/mol. The second-order valence-corrected chi connectivity index (χ2v) is 7.08. The maximum Gasteiger partial charge on any atom is 0.155 e. The van der Waals surface area contributed by atoms with Crippen molar-refractivity contribution in [3.63, 3.8) is 0 Å². The molecule has 1 N–H and O–H groups in total. The fourth-order valence-corrected chi connectivity index (χ4v) is 2.55. The van der Waals surface area contributed by atoms with Crippen molar-refractivity contribution in [1.82, 2.24) is 5.32 Å². The number of hydrogen-bond donors (Lipinski definition) is 1. The molecule has 1 atom stereocenters. The number of likely N-dealkylation sites (N-methyl/N-ethyl adjacent to an activating group) is 1. The van der Waals surface area contributed by atoms with Gasteiger partial charge < -0.3 is 10.1 Å². The molecule has 2 rings (SSSR count). The third-order valence-electron chi connectivity index (χ3n) is 4.02. The molecule has 1 unspecified atom stereocenters. The first-order valence-corrected chi connectivity index (χ1v) is 8.37. The molecule has 2 aromatic carbocycles. The summed E-state index contributed by atoms with van der Waals surface area (Å²) < 4.78 is 5.80. The van der Waals surface area contributed by atoms with Crippen molar-refractivity contribution in [3.8, 4) is 5.75 Å². The Balaban J connectivity index is 1.95. The van der Waals surface area contributed by atoms with Gasteiger partial charge in [-0.15, -0.1) is 0 Å². The van der Waals surface area contributed by atoms with E-state index in [2.05, 4.69) is 5.32 Å². The lowest BCUT2D eigenvalue weighted by Gasteiger charge is -2.24. The predicted molar refractivity (Wildman–Crippen MR) is 98.2 cm³/mol. The highest BCUT2D eigenvalue weighted by Gasteiger charge is 2.28. The van der Waals surface area contributed by atoms with Crippen LogP contribution in [-0.4, -0.2) is 18.9 Å². The molecule has 0 saturated carbocycles. The van der Waals surface area contributed by atoms with Gasteiger partial charge in [0.2, 0.25) is 0 Å². The van der Waals surface area contributed by atoms with E-state index in [1.807, 2.05) is 82.4 Å².